The van der Waals surface area contributed by atoms with Crippen LogP contribution in [-0.2, 0) is 4.79 Å². The van der Waals surface area contributed by atoms with E-state index in [9.17, 15) is 9.59 Å². The number of carbonyl (C=O) groups is 2. The van der Waals surface area contributed by atoms with Gasteiger partial charge in [0.25, 0.3) is 5.91 Å². The molecular weight excluding hydrogens is 488 g/mol. The summed E-state index contributed by atoms with van der Waals surface area (Å²) in [7, 11) is 4.20. The molecule has 0 bridgehead atoms. The molecule has 0 aromatic heterocycles. The monoisotopic (exact) mass is 534 g/mol. The standard InChI is InChI=1S/C31H46N6O2/c1-22(16-24(3)34-21-38)23(2)20-33-31(39)28-17-26(25-10-12-37(13-11-25)15-14-36(4)5)18-30(29(28)19-32)35-27-8-6-7-9-27/h10,16-19,21,27,32,35H,6-9,11-15,20H2,1-5H3,(H,33,39)(H,34,38)/b23-22+,24-16-,32-19?. The lowest BCUT2D eigenvalue weighted by Gasteiger charge is -2.28. The van der Waals surface area contributed by atoms with Crippen LogP contribution in [0.15, 0.2) is 41.1 Å². The van der Waals surface area contributed by atoms with E-state index in [2.05, 4.69) is 52.0 Å². The normalized spacial score (nSPS) is 17.5. The Hall–Kier alpha value is -3.23. The van der Waals surface area contributed by atoms with Crippen LogP contribution < -0.4 is 16.0 Å². The van der Waals surface area contributed by atoms with E-state index >= 15 is 0 Å². The fraction of sp³-hybridized carbons (Fsp3) is 0.516. The molecule has 3 rings (SSSR count). The Morgan fingerprint density at radius 3 is 2.54 bits per heavy atom. The summed E-state index contributed by atoms with van der Waals surface area (Å²) in [6, 6.07) is 4.47. The predicted molar refractivity (Wildman–Crippen MR) is 161 cm³/mol. The Morgan fingerprint density at radius 1 is 1.18 bits per heavy atom. The Bertz CT molecular complexity index is 1130. The van der Waals surface area contributed by atoms with Gasteiger partial charge < -0.3 is 26.3 Å². The van der Waals surface area contributed by atoms with Gasteiger partial charge in [0.15, 0.2) is 0 Å². The van der Waals surface area contributed by atoms with Gasteiger partial charge in [0, 0.05) is 61.9 Å². The lowest BCUT2D eigenvalue weighted by atomic mass is 9.93. The number of hydrogen-bond donors (Lipinski definition) is 4. The number of carbonyl (C=O) groups excluding carboxylic acids is 2. The lowest BCUT2D eigenvalue weighted by molar-refractivity contribution is -0.108. The number of nitrogens with zero attached hydrogens (tertiary/aromatic N) is 2. The number of allylic oxidation sites excluding steroid dienone is 3. The SMILES string of the molecule is C/C(=C/C(C)=C(\C)CNC(=O)c1cc(C2=CCN(CCN(C)C)CC2)cc(NC2CCCC2)c1C=N)NC=O. The summed E-state index contributed by atoms with van der Waals surface area (Å²) < 4.78 is 0. The smallest absolute Gasteiger partial charge is 0.252 e. The Kier molecular flexibility index (Phi) is 11.5. The first kappa shape index (κ1) is 30.3. The van der Waals surface area contributed by atoms with Crippen LogP contribution >= 0.6 is 0 Å². The van der Waals surface area contributed by atoms with Gasteiger partial charge in [-0.3, -0.25) is 14.5 Å². The second kappa shape index (κ2) is 14.8. The molecule has 1 aliphatic heterocycles. The molecule has 0 spiro atoms. The molecule has 0 atom stereocenters. The molecular formula is C31H46N6O2. The topological polar surface area (TPSA) is 101 Å². The number of likely N-dealkylation sites (N-methyl/N-ethyl adjacent to an activating group) is 1. The van der Waals surface area contributed by atoms with Crippen LogP contribution in [0.25, 0.3) is 5.57 Å². The van der Waals surface area contributed by atoms with Crippen molar-refractivity contribution in [1.82, 2.24) is 20.4 Å². The fourth-order valence-electron chi connectivity index (χ4n) is 5.14. The van der Waals surface area contributed by atoms with E-state index in [1.807, 2.05) is 32.9 Å². The van der Waals surface area contributed by atoms with Gasteiger partial charge >= 0.3 is 0 Å². The average molecular weight is 535 g/mol. The second-order valence-corrected chi connectivity index (χ2v) is 11.1. The quantitative estimate of drug-likeness (QED) is 0.171. The van der Waals surface area contributed by atoms with Gasteiger partial charge in [-0.1, -0.05) is 24.5 Å². The molecule has 1 heterocycles. The van der Waals surface area contributed by atoms with Crippen molar-refractivity contribution in [2.45, 2.75) is 58.9 Å². The van der Waals surface area contributed by atoms with Crippen molar-refractivity contribution in [3.63, 3.8) is 0 Å². The van der Waals surface area contributed by atoms with E-state index in [1.54, 1.807) is 0 Å². The van der Waals surface area contributed by atoms with Crippen molar-refractivity contribution in [1.29, 1.82) is 5.41 Å². The zero-order chi connectivity index (χ0) is 28.4. The number of benzene rings is 1. The summed E-state index contributed by atoms with van der Waals surface area (Å²) in [5.41, 5.74) is 7.08. The van der Waals surface area contributed by atoms with Crippen LogP contribution in [0, 0.1) is 5.41 Å². The number of anilines is 1. The fourth-order valence-corrected chi connectivity index (χ4v) is 5.14. The third kappa shape index (κ3) is 8.90. The minimum absolute atomic E-state index is 0.187. The summed E-state index contributed by atoms with van der Waals surface area (Å²) in [5.74, 6) is -0.187. The molecule has 1 aromatic rings. The Balaban J connectivity index is 1.87. The molecule has 39 heavy (non-hydrogen) atoms. The van der Waals surface area contributed by atoms with Gasteiger partial charge in [-0.25, -0.2) is 0 Å². The molecule has 2 aliphatic rings. The van der Waals surface area contributed by atoms with E-state index in [0.717, 1.165) is 73.5 Å². The van der Waals surface area contributed by atoms with Gasteiger partial charge in [0.05, 0.1) is 5.56 Å². The number of nitrogens with one attached hydrogen (secondary N) is 4. The number of rotatable bonds is 13. The molecule has 8 nitrogen and oxygen atoms in total. The van der Waals surface area contributed by atoms with Crippen LogP contribution in [-0.4, -0.2) is 81.2 Å². The molecule has 8 heteroatoms. The van der Waals surface area contributed by atoms with E-state index in [0.29, 0.717) is 30.1 Å². The third-order valence-electron chi connectivity index (χ3n) is 7.72. The van der Waals surface area contributed by atoms with Crippen molar-refractivity contribution in [2.75, 3.05) is 52.1 Å². The van der Waals surface area contributed by atoms with Crippen molar-refractivity contribution in [3.05, 3.63) is 57.8 Å². The molecule has 0 saturated heterocycles. The molecule has 1 aliphatic carbocycles. The second-order valence-electron chi connectivity index (χ2n) is 11.1. The highest BCUT2D eigenvalue weighted by Crippen LogP contribution is 2.31. The van der Waals surface area contributed by atoms with Gasteiger partial charge in [-0.2, -0.15) is 0 Å². The van der Waals surface area contributed by atoms with Gasteiger partial charge in [-0.05, 0) is 89.0 Å². The Labute approximate surface area is 234 Å². The van der Waals surface area contributed by atoms with Crippen LogP contribution in [0.4, 0.5) is 5.69 Å². The maximum Gasteiger partial charge on any atom is 0.252 e. The first-order valence-corrected chi connectivity index (χ1v) is 14.1. The van der Waals surface area contributed by atoms with E-state index in [4.69, 9.17) is 5.41 Å². The molecule has 0 radical (unpaired) electrons. The van der Waals surface area contributed by atoms with Gasteiger partial charge in [0.1, 0.15) is 0 Å². The van der Waals surface area contributed by atoms with Crippen LogP contribution in [0.5, 0.6) is 0 Å². The molecule has 1 fully saturated rings. The van der Waals surface area contributed by atoms with Crippen molar-refractivity contribution < 1.29 is 9.59 Å². The minimum Gasteiger partial charge on any atom is -0.382 e. The predicted octanol–water partition coefficient (Wildman–Crippen LogP) is 4.41. The van der Waals surface area contributed by atoms with E-state index in [-0.39, 0.29) is 5.91 Å². The largest absolute Gasteiger partial charge is 0.382 e. The third-order valence-corrected chi connectivity index (χ3v) is 7.72. The maximum atomic E-state index is 13.5. The summed E-state index contributed by atoms with van der Waals surface area (Å²) >= 11 is 0. The molecule has 4 N–H and O–H groups in total. The molecule has 212 valence electrons. The average Bonchev–Trinajstić information content (AvgIpc) is 3.43. The van der Waals surface area contributed by atoms with Crippen LogP contribution in [0.1, 0.15) is 74.4 Å². The summed E-state index contributed by atoms with van der Waals surface area (Å²) in [6.07, 6.45) is 11.7. The first-order valence-electron chi connectivity index (χ1n) is 14.1. The van der Waals surface area contributed by atoms with Crippen LogP contribution in [0.2, 0.25) is 0 Å². The number of hydrogen-bond acceptors (Lipinski definition) is 6. The summed E-state index contributed by atoms with van der Waals surface area (Å²) in [6.45, 7) is 10.1. The summed E-state index contributed by atoms with van der Waals surface area (Å²) in [5, 5.41) is 17.6. The van der Waals surface area contributed by atoms with E-state index < -0.39 is 0 Å². The lowest BCUT2D eigenvalue weighted by Crippen LogP contribution is -2.34. The van der Waals surface area contributed by atoms with Gasteiger partial charge in [0.2, 0.25) is 6.41 Å². The molecule has 1 saturated carbocycles. The maximum absolute atomic E-state index is 13.5. The van der Waals surface area contributed by atoms with Crippen molar-refractivity contribution in [2.24, 2.45) is 0 Å². The molecule has 0 unspecified atom stereocenters. The highest BCUT2D eigenvalue weighted by molar-refractivity contribution is 6.06. The highest BCUT2D eigenvalue weighted by atomic mass is 16.1. The zero-order valence-electron chi connectivity index (χ0n) is 24.3. The highest BCUT2D eigenvalue weighted by Gasteiger charge is 2.22. The minimum atomic E-state index is -0.187. The molecule has 2 amide bonds. The van der Waals surface area contributed by atoms with Crippen LogP contribution in [0.3, 0.4) is 0 Å². The zero-order valence-corrected chi connectivity index (χ0v) is 24.3. The van der Waals surface area contributed by atoms with Crippen molar-refractivity contribution >= 4 is 29.8 Å². The first-order chi connectivity index (χ1) is 18.7. The molecule has 1 aromatic carbocycles. The Morgan fingerprint density at radius 2 is 1.92 bits per heavy atom. The van der Waals surface area contributed by atoms with Crippen molar-refractivity contribution in [3.8, 4) is 0 Å². The number of amides is 2. The summed E-state index contributed by atoms with van der Waals surface area (Å²) in [4.78, 5) is 28.9. The van der Waals surface area contributed by atoms with E-state index in [1.165, 1.54) is 24.6 Å². The van der Waals surface area contributed by atoms with Gasteiger partial charge in [-0.15, -0.1) is 0 Å².